The Morgan fingerprint density at radius 2 is 1.65 bits per heavy atom. The van der Waals surface area contributed by atoms with E-state index < -0.39 is 45.4 Å². The quantitative estimate of drug-likeness (QED) is 0.0574. The number of benzene rings is 1. The van der Waals surface area contributed by atoms with Crippen LogP contribution in [-0.4, -0.2) is 72.1 Å². The van der Waals surface area contributed by atoms with Gasteiger partial charge in [-0.3, -0.25) is 4.79 Å². The molecule has 0 aliphatic carbocycles. The number of hydrogen-bond acceptors (Lipinski definition) is 7. The van der Waals surface area contributed by atoms with Crippen LogP contribution >= 0.6 is 0 Å². The third-order valence-electron chi connectivity index (χ3n) is 7.48. The van der Waals surface area contributed by atoms with Crippen molar-refractivity contribution in [2.75, 3.05) is 18.9 Å². The lowest BCUT2D eigenvalue weighted by Crippen LogP contribution is -2.54. The average Bonchev–Trinajstić information content (AvgIpc) is 3.00. The molecule has 0 unspecified atom stereocenters. The number of carboxylic acids is 2. The number of allylic oxidation sites excluding steroid dienone is 1. The van der Waals surface area contributed by atoms with E-state index in [1.165, 1.54) is 6.08 Å². The second-order valence-electron chi connectivity index (χ2n) is 11.3. The van der Waals surface area contributed by atoms with Crippen LogP contribution in [0, 0.1) is 17.8 Å². The van der Waals surface area contributed by atoms with Gasteiger partial charge in [0.05, 0.1) is 11.7 Å². The lowest BCUT2D eigenvalue weighted by Gasteiger charge is -2.30. The molecule has 0 aromatic heterocycles. The van der Waals surface area contributed by atoms with Gasteiger partial charge in [-0.25, -0.2) is 22.7 Å². The second kappa shape index (κ2) is 22.2. The Bertz CT molecular complexity index is 1270. The molecule has 5 N–H and O–H groups in total. The minimum absolute atomic E-state index is 0.0539. The van der Waals surface area contributed by atoms with Crippen molar-refractivity contribution in [3.63, 3.8) is 0 Å². The number of hydrogen-bond donors (Lipinski definition) is 5. The topological polar surface area (TPSA) is 179 Å². The summed E-state index contributed by atoms with van der Waals surface area (Å²) < 4.78 is 32.4. The Balaban J connectivity index is 2.80. The molecule has 46 heavy (non-hydrogen) atoms. The van der Waals surface area contributed by atoms with E-state index in [4.69, 9.17) is 4.74 Å². The second-order valence-corrected chi connectivity index (χ2v) is 13.3. The van der Waals surface area contributed by atoms with Gasteiger partial charge in [0.2, 0.25) is 15.9 Å². The van der Waals surface area contributed by atoms with Crippen LogP contribution in [0.5, 0.6) is 5.75 Å². The third kappa shape index (κ3) is 15.7. The number of unbranched alkanes of at least 4 members (excludes halogenated alkanes) is 7. The predicted molar refractivity (Wildman–Crippen MR) is 178 cm³/mol. The predicted octanol–water partition coefficient (Wildman–Crippen LogP) is 4.44. The molecule has 0 aliphatic heterocycles. The standard InChI is InChI=1S/C34H52N2O9S/c1-4-7-9-15-23-35-46(43,44)25-16-13-11-10-12-14-17-29(34(42,22-6-3)33(40)41)31(37)36-30(32(38)39)26-27-18-20-28(21-19-27)45-24-8-5-2/h14,17-21,29-30,35,42H,4,6-7,9-13,15-16,22-26H2,1-3H3,(H,36,37)(H,38,39)(H,40,41)/t29-,30+,34+/m1/s1. The maximum absolute atomic E-state index is 13.4. The zero-order valence-electron chi connectivity index (χ0n) is 27.4. The molecular weight excluding hydrogens is 612 g/mol. The van der Waals surface area contributed by atoms with Crippen molar-refractivity contribution in [3.8, 4) is 17.6 Å². The molecule has 0 bridgehead atoms. The average molecular weight is 665 g/mol. The molecule has 0 saturated heterocycles. The van der Waals surface area contributed by atoms with Crippen LogP contribution in [0.25, 0.3) is 0 Å². The molecular formula is C34H52N2O9S. The van der Waals surface area contributed by atoms with Gasteiger partial charge in [-0.2, -0.15) is 0 Å². The summed E-state index contributed by atoms with van der Waals surface area (Å²) in [7, 11) is -3.30. The highest BCUT2D eigenvalue weighted by Gasteiger charge is 2.46. The Labute approximate surface area is 274 Å². The van der Waals surface area contributed by atoms with Gasteiger partial charge in [-0.15, -0.1) is 5.92 Å². The first-order valence-corrected chi connectivity index (χ1v) is 17.8. The molecule has 258 valence electrons. The summed E-state index contributed by atoms with van der Waals surface area (Å²) in [5.41, 5.74) is -1.83. The smallest absolute Gasteiger partial charge is 0.336 e. The number of sulfonamides is 1. The first-order chi connectivity index (χ1) is 21.9. The first-order valence-electron chi connectivity index (χ1n) is 16.1. The largest absolute Gasteiger partial charge is 0.481 e. The van der Waals surface area contributed by atoms with Crippen LogP contribution in [-0.2, 0) is 30.8 Å². The molecule has 1 aromatic rings. The van der Waals surface area contributed by atoms with Crippen molar-refractivity contribution in [1.82, 2.24) is 10.0 Å². The van der Waals surface area contributed by atoms with Crippen LogP contribution in [0.2, 0.25) is 0 Å². The Morgan fingerprint density at radius 3 is 2.26 bits per heavy atom. The summed E-state index contributed by atoms with van der Waals surface area (Å²) in [6.45, 7) is 6.14. The molecule has 0 aliphatic rings. The summed E-state index contributed by atoms with van der Waals surface area (Å²) >= 11 is 0. The van der Waals surface area contributed by atoms with E-state index >= 15 is 0 Å². The number of carboxylic acid groups (broad SMARTS) is 2. The SMILES string of the molecule is CC#CCOc1ccc(C[C@H](NC(=O)[C@@H](C=CCCCCCCS(=O)(=O)NCCCCCC)[C@@](O)(CCC)C(=O)O)C(=O)O)cc1. The van der Waals surface area contributed by atoms with Crippen LogP contribution in [0.1, 0.15) is 97.0 Å². The summed E-state index contributed by atoms with van der Waals surface area (Å²) in [5, 5.41) is 33.2. The number of aliphatic carboxylic acids is 2. The van der Waals surface area contributed by atoms with Crippen LogP contribution in [0.3, 0.4) is 0 Å². The Morgan fingerprint density at radius 1 is 0.978 bits per heavy atom. The van der Waals surface area contributed by atoms with Gasteiger partial charge >= 0.3 is 11.9 Å². The monoisotopic (exact) mass is 664 g/mol. The van der Waals surface area contributed by atoms with Gasteiger partial charge in [0.1, 0.15) is 18.4 Å². The van der Waals surface area contributed by atoms with Crippen molar-refractivity contribution in [2.24, 2.45) is 5.92 Å². The van der Waals surface area contributed by atoms with Crippen LogP contribution < -0.4 is 14.8 Å². The molecule has 12 heteroatoms. The molecule has 11 nitrogen and oxygen atoms in total. The number of carbonyl (C=O) groups is 3. The fourth-order valence-electron chi connectivity index (χ4n) is 4.84. The van der Waals surface area contributed by atoms with Crippen molar-refractivity contribution in [2.45, 2.75) is 109 Å². The zero-order valence-corrected chi connectivity index (χ0v) is 28.2. The highest BCUT2D eigenvalue weighted by molar-refractivity contribution is 7.89. The molecule has 1 amide bonds. The van der Waals surface area contributed by atoms with Crippen molar-refractivity contribution >= 4 is 27.9 Å². The molecule has 1 aromatic carbocycles. The van der Waals surface area contributed by atoms with E-state index in [0.717, 1.165) is 32.1 Å². The summed E-state index contributed by atoms with van der Waals surface area (Å²) in [5.74, 6) is 0.777. The normalized spacial score (nSPS) is 14.1. The molecule has 0 spiro atoms. The van der Waals surface area contributed by atoms with E-state index in [1.807, 2.05) is 0 Å². The van der Waals surface area contributed by atoms with E-state index in [2.05, 4.69) is 28.8 Å². The number of nitrogens with one attached hydrogen (secondary N) is 2. The molecule has 1 rings (SSSR count). The van der Waals surface area contributed by atoms with Gasteiger partial charge in [-0.1, -0.05) is 82.6 Å². The molecule has 3 atom stereocenters. The summed E-state index contributed by atoms with van der Waals surface area (Å²) in [6.07, 6.45) is 9.97. The first kappa shape index (κ1) is 40.6. The maximum Gasteiger partial charge on any atom is 0.336 e. The molecule has 0 saturated carbocycles. The van der Waals surface area contributed by atoms with Crippen molar-refractivity contribution < 1.29 is 42.9 Å². The highest BCUT2D eigenvalue weighted by atomic mass is 32.2. The van der Waals surface area contributed by atoms with Gasteiger partial charge in [-0.05, 0) is 56.7 Å². The number of aliphatic hydroxyl groups is 1. The molecule has 0 heterocycles. The summed E-state index contributed by atoms with van der Waals surface area (Å²) in [6, 6.07) is 5.28. The zero-order chi connectivity index (χ0) is 34.4. The van der Waals surface area contributed by atoms with E-state index in [1.54, 1.807) is 44.2 Å². The molecule has 0 radical (unpaired) electrons. The van der Waals surface area contributed by atoms with Crippen molar-refractivity contribution in [1.29, 1.82) is 0 Å². The lowest BCUT2D eigenvalue weighted by atomic mass is 9.82. The Hall–Kier alpha value is -3.40. The maximum atomic E-state index is 13.4. The fourth-order valence-corrected chi connectivity index (χ4v) is 6.03. The van der Waals surface area contributed by atoms with Crippen LogP contribution in [0.15, 0.2) is 36.4 Å². The number of ether oxygens (including phenoxy) is 1. The fraction of sp³-hybridized carbons (Fsp3) is 0.618. The van der Waals surface area contributed by atoms with Crippen molar-refractivity contribution in [3.05, 3.63) is 42.0 Å². The minimum atomic E-state index is -3.30. The summed E-state index contributed by atoms with van der Waals surface area (Å²) in [4.78, 5) is 37.6. The molecule has 0 fully saturated rings. The van der Waals surface area contributed by atoms with E-state index in [-0.39, 0.29) is 31.6 Å². The van der Waals surface area contributed by atoms with Gasteiger partial charge < -0.3 is 25.4 Å². The Kier molecular flexibility index (Phi) is 19.6. The van der Waals surface area contributed by atoms with Crippen LogP contribution in [0.4, 0.5) is 0 Å². The van der Waals surface area contributed by atoms with Gasteiger partial charge in [0.15, 0.2) is 5.60 Å². The number of amides is 1. The number of rotatable bonds is 25. The number of carbonyl (C=O) groups excluding carboxylic acids is 1. The lowest BCUT2D eigenvalue weighted by molar-refractivity contribution is -0.167. The third-order valence-corrected chi connectivity index (χ3v) is 8.95. The van der Waals surface area contributed by atoms with E-state index in [9.17, 15) is 38.1 Å². The van der Waals surface area contributed by atoms with E-state index in [0.29, 0.717) is 43.5 Å². The van der Waals surface area contributed by atoms with Gasteiger partial charge in [0.25, 0.3) is 0 Å². The highest BCUT2D eigenvalue weighted by Crippen LogP contribution is 2.27. The van der Waals surface area contributed by atoms with Gasteiger partial charge in [0, 0.05) is 13.0 Å². The minimum Gasteiger partial charge on any atom is -0.481 e.